The van der Waals surface area contributed by atoms with Gasteiger partial charge in [0.15, 0.2) is 0 Å². The first-order valence-corrected chi connectivity index (χ1v) is 3.88. The molecule has 0 radical (unpaired) electrons. The van der Waals surface area contributed by atoms with Crippen LogP contribution < -0.4 is 5.48 Å². The van der Waals surface area contributed by atoms with Gasteiger partial charge >= 0.3 is 0 Å². The van der Waals surface area contributed by atoms with Crippen molar-refractivity contribution in [3.8, 4) is 0 Å². The lowest BCUT2D eigenvalue weighted by Gasteiger charge is -2.02. The van der Waals surface area contributed by atoms with Gasteiger partial charge in [-0.3, -0.25) is 4.84 Å². The highest BCUT2D eigenvalue weighted by atomic mass is 19.1. The molecule has 0 bridgehead atoms. The number of halogens is 1. The lowest BCUT2D eigenvalue weighted by molar-refractivity contribution is 0.0252. The first-order chi connectivity index (χ1) is 5.93. The molecule has 0 atom stereocenters. The molecule has 0 amide bonds. The number of rotatable bonds is 5. The highest BCUT2D eigenvalue weighted by molar-refractivity contribution is 5.13. The van der Waals surface area contributed by atoms with E-state index >= 15 is 0 Å². The van der Waals surface area contributed by atoms with Crippen molar-refractivity contribution < 1.29 is 9.23 Å². The van der Waals surface area contributed by atoms with Crippen LogP contribution in [0, 0.1) is 0 Å². The monoisotopic (exact) mass is 169 g/mol. The third kappa shape index (κ3) is 3.46. The maximum atomic E-state index is 11.6. The van der Waals surface area contributed by atoms with Gasteiger partial charge in [-0.1, -0.05) is 30.3 Å². The summed E-state index contributed by atoms with van der Waals surface area (Å²) in [5.74, 6) is 0. The fourth-order valence-electron chi connectivity index (χ4n) is 0.819. The van der Waals surface area contributed by atoms with Crippen molar-refractivity contribution in [3.05, 3.63) is 35.9 Å². The van der Waals surface area contributed by atoms with Crippen LogP contribution in [0.5, 0.6) is 0 Å². The molecule has 0 aliphatic carbocycles. The Morgan fingerprint density at radius 1 is 1.25 bits per heavy atom. The molecule has 1 aromatic rings. The second kappa shape index (κ2) is 5.69. The minimum absolute atomic E-state index is 0.243. The molecule has 0 spiro atoms. The molecule has 1 N–H and O–H groups in total. The maximum Gasteiger partial charge on any atom is 0.104 e. The smallest absolute Gasteiger partial charge is 0.104 e. The topological polar surface area (TPSA) is 21.3 Å². The van der Waals surface area contributed by atoms with Crippen molar-refractivity contribution >= 4 is 0 Å². The van der Waals surface area contributed by atoms with Crippen molar-refractivity contribution in [3.63, 3.8) is 0 Å². The Morgan fingerprint density at radius 2 is 2.00 bits per heavy atom. The molecule has 2 nitrogen and oxygen atoms in total. The normalized spacial score (nSPS) is 10.1. The lowest BCUT2D eigenvalue weighted by Crippen LogP contribution is -2.16. The van der Waals surface area contributed by atoms with Crippen LogP contribution in [0.15, 0.2) is 30.3 Å². The molecule has 0 aliphatic heterocycles. The Hall–Kier alpha value is -0.930. The van der Waals surface area contributed by atoms with E-state index in [1.807, 2.05) is 30.3 Å². The number of hydrogen-bond donors (Lipinski definition) is 1. The van der Waals surface area contributed by atoms with E-state index < -0.39 is 6.67 Å². The van der Waals surface area contributed by atoms with Gasteiger partial charge in [0.2, 0.25) is 0 Å². The Bertz CT molecular complexity index is 203. The molecule has 66 valence electrons. The van der Waals surface area contributed by atoms with Gasteiger partial charge in [0.25, 0.3) is 0 Å². The zero-order valence-electron chi connectivity index (χ0n) is 6.79. The van der Waals surface area contributed by atoms with Gasteiger partial charge in [-0.05, 0) is 5.56 Å². The average Bonchev–Trinajstić information content (AvgIpc) is 2.14. The zero-order chi connectivity index (χ0) is 8.65. The molecular formula is C9H12FNO. The fourth-order valence-corrected chi connectivity index (χ4v) is 0.819. The van der Waals surface area contributed by atoms with E-state index in [0.717, 1.165) is 5.56 Å². The maximum absolute atomic E-state index is 11.6. The predicted molar refractivity (Wildman–Crippen MR) is 45.2 cm³/mol. The SMILES string of the molecule is FCCNOCc1ccccc1. The quantitative estimate of drug-likeness (QED) is 0.535. The summed E-state index contributed by atoms with van der Waals surface area (Å²) in [6.45, 7) is 0.308. The lowest BCUT2D eigenvalue weighted by atomic mass is 10.2. The minimum Gasteiger partial charge on any atom is -0.297 e. The minimum atomic E-state index is -0.408. The Labute approximate surface area is 71.3 Å². The summed E-state index contributed by atoms with van der Waals surface area (Å²) in [6.07, 6.45) is 0. The molecule has 12 heavy (non-hydrogen) atoms. The van der Waals surface area contributed by atoms with E-state index in [0.29, 0.717) is 6.61 Å². The molecule has 0 fully saturated rings. The van der Waals surface area contributed by atoms with Gasteiger partial charge in [-0.25, -0.2) is 4.39 Å². The number of hydroxylamine groups is 1. The van der Waals surface area contributed by atoms with Gasteiger partial charge < -0.3 is 0 Å². The molecule has 0 aromatic heterocycles. The average molecular weight is 169 g/mol. The van der Waals surface area contributed by atoms with Crippen molar-refractivity contribution in [1.82, 2.24) is 5.48 Å². The van der Waals surface area contributed by atoms with Crippen molar-refractivity contribution in [2.75, 3.05) is 13.2 Å². The van der Waals surface area contributed by atoms with Crippen molar-refractivity contribution in [1.29, 1.82) is 0 Å². The van der Waals surface area contributed by atoms with Crippen LogP contribution in [0.2, 0.25) is 0 Å². The molecule has 0 heterocycles. The van der Waals surface area contributed by atoms with Crippen molar-refractivity contribution in [2.45, 2.75) is 6.61 Å². The Balaban J connectivity index is 2.16. The molecule has 1 aromatic carbocycles. The van der Waals surface area contributed by atoms with Crippen LogP contribution in [-0.2, 0) is 11.4 Å². The molecule has 1 rings (SSSR count). The number of nitrogens with one attached hydrogen (secondary N) is 1. The van der Waals surface area contributed by atoms with Gasteiger partial charge in [0, 0.05) is 6.54 Å². The fraction of sp³-hybridized carbons (Fsp3) is 0.333. The predicted octanol–water partition coefficient (Wildman–Crippen LogP) is 1.68. The van der Waals surface area contributed by atoms with Crippen LogP contribution in [0.1, 0.15) is 5.56 Å². The largest absolute Gasteiger partial charge is 0.297 e. The van der Waals surface area contributed by atoms with Crippen LogP contribution in [0.3, 0.4) is 0 Å². The molecule has 0 saturated carbocycles. The van der Waals surface area contributed by atoms with Crippen molar-refractivity contribution in [2.24, 2.45) is 0 Å². The summed E-state index contributed by atoms with van der Waals surface area (Å²) >= 11 is 0. The summed E-state index contributed by atoms with van der Waals surface area (Å²) in [6, 6.07) is 9.73. The zero-order valence-corrected chi connectivity index (χ0v) is 6.79. The van der Waals surface area contributed by atoms with E-state index in [1.54, 1.807) is 0 Å². The summed E-state index contributed by atoms with van der Waals surface area (Å²) in [5.41, 5.74) is 3.58. The molecule has 0 unspecified atom stereocenters. The van der Waals surface area contributed by atoms with E-state index in [-0.39, 0.29) is 6.54 Å². The number of benzene rings is 1. The van der Waals surface area contributed by atoms with Crippen LogP contribution in [-0.4, -0.2) is 13.2 Å². The molecule has 0 saturated heterocycles. The van der Waals surface area contributed by atoms with E-state index in [1.165, 1.54) is 0 Å². The molecule has 0 aliphatic rings. The van der Waals surface area contributed by atoms with E-state index in [4.69, 9.17) is 4.84 Å². The summed E-state index contributed by atoms with van der Waals surface area (Å²) < 4.78 is 11.6. The van der Waals surface area contributed by atoms with Gasteiger partial charge in [-0.15, -0.1) is 0 Å². The first kappa shape index (κ1) is 9.16. The van der Waals surface area contributed by atoms with Crippen LogP contribution in [0.4, 0.5) is 4.39 Å². The van der Waals surface area contributed by atoms with Gasteiger partial charge in [0.05, 0.1) is 6.61 Å². The summed E-state index contributed by atoms with van der Waals surface area (Å²) in [5, 5.41) is 0. The van der Waals surface area contributed by atoms with Gasteiger partial charge in [0.1, 0.15) is 6.67 Å². The number of hydrogen-bond acceptors (Lipinski definition) is 2. The summed E-state index contributed by atoms with van der Waals surface area (Å²) in [4.78, 5) is 4.97. The second-order valence-electron chi connectivity index (χ2n) is 2.36. The highest BCUT2D eigenvalue weighted by Gasteiger charge is 1.89. The van der Waals surface area contributed by atoms with E-state index in [9.17, 15) is 4.39 Å². The van der Waals surface area contributed by atoms with Gasteiger partial charge in [-0.2, -0.15) is 5.48 Å². The molecular weight excluding hydrogens is 157 g/mol. The van der Waals surface area contributed by atoms with E-state index in [2.05, 4.69) is 5.48 Å². The third-order valence-electron chi connectivity index (χ3n) is 1.38. The Morgan fingerprint density at radius 3 is 2.67 bits per heavy atom. The standard InChI is InChI=1S/C9H12FNO/c10-6-7-11-12-8-9-4-2-1-3-5-9/h1-5,11H,6-8H2. The number of alkyl halides is 1. The third-order valence-corrected chi connectivity index (χ3v) is 1.38. The van der Waals surface area contributed by atoms with Crippen LogP contribution >= 0.6 is 0 Å². The second-order valence-corrected chi connectivity index (χ2v) is 2.36. The highest BCUT2D eigenvalue weighted by Crippen LogP contribution is 1.98. The molecule has 3 heteroatoms. The Kier molecular flexibility index (Phi) is 4.34. The summed E-state index contributed by atoms with van der Waals surface area (Å²) in [7, 11) is 0. The van der Waals surface area contributed by atoms with Crippen LogP contribution in [0.25, 0.3) is 0 Å². The first-order valence-electron chi connectivity index (χ1n) is 3.88.